The van der Waals surface area contributed by atoms with Crippen LogP contribution < -0.4 is 5.73 Å². The number of halogens is 3. The lowest BCUT2D eigenvalue weighted by Gasteiger charge is -2.44. The maximum atomic E-state index is 14.9. The normalized spacial score (nSPS) is 23.9. The molecule has 9 heteroatoms. The Morgan fingerprint density at radius 1 is 1.13 bits per heavy atom. The second kappa shape index (κ2) is 10.2. The maximum absolute atomic E-state index is 14.9. The number of carbonyl (C=O) groups is 1. The summed E-state index contributed by atoms with van der Waals surface area (Å²) in [6, 6.07) is 5.35. The van der Waals surface area contributed by atoms with E-state index in [4.69, 9.17) is 5.73 Å². The molecule has 1 aromatic carbocycles. The van der Waals surface area contributed by atoms with E-state index in [2.05, 4.69) is 9.97 Å². The van der Waals surface area contributed by atoms with Crippen molar-refractivity contribution in [3.8, 4) is 11.3 Å². The molecular formula is C29H32F3N3O3. The van der Waals surface area contributed by atoms with Gasteiger partial charge in [-0.05, 0) is 92.5 Å². The highest BCUT2D eigenvalue weighted by Gasteiger charge is 2.42. The van der Waals surface area contributed by atoms with Crippen LogP contribution in [0.3, 0.4) is 0 Å². The van der Waals surface area contributed by atoms with Crippen LogP contribution in [0.2, 0.25) is 0 Å². The van der Waals surface area contributed by atoms with Gasteiger partial charge in [0.2, 0.25) is 0 Å². The van der Waals surface area contributed by atoms with Gasteiger partial charge in [0.1, 0.15) is 28.8 Å². The minimum Gasteiger partial charge on any atom is -0.388 e. The zero-order chi connectivity index (χ0) is 28.0. The van der Waals surface area contributed by atoms with E-state index in [9.17, 15) is 28.2 Å². The van der Waals surface area contributed by atoms with Crippen molar-refractivity contribution >= 4 is 5.78 Å². The predicted octanol–water partition coefficient (Wildman–Crippen LogP) is 4.81. The lowest BCUT2D eigenvalue weighted by atomic mass is 9.67. The SMILES string of the molecule is C[C@H]1C[C@@H](c2ccncc2CC(=O)c2ccc(F)c(-c3c(F)cc(C(C)(C)O)cc3F)n2)C[C@@H](N)[C@]1(C)O. The molecule has 0 amide bonds. The van der Waals surface area contributed by atoms with Gasteiger partial charge in [-0.2, -0.15) is 0 Å². The third-order valence-corrected chi connectivity index (χ3v) is 7.77. The summed E-state index contributed by atoms with van der Waals surface area (Å²) in [7, 11) is 0. The topological polar surface area (TPSA) is 109 Å². The highest BCUT2D eigenvalue weighted by molar-refractivity contribution is 5.96. The van der Waals surface area contributed by atoms with Gasteiger partial charge in [-0.1, -0.05) is 6.92 Å². The van der Waals surface area contributed by atoms with Crippen molar-refractivity contribution in [3.05, 3.63) is 82.6 Å². The van der Waals surface area contributed by atoms with Crippen LogP contribution in [0.4, 0.5) is 13.2 Å². The molecule has 1 aliphatic rings. The van der Waals surface area contributed by atoms with Crippen molar-refractivity contribution in [2.24, 2.45) is 11.7 Å². The van der Waals surface area contributed by atoms with Gasteiger partial charge >= 0.3 is 0 Å². The standard InChI is InChI=1S/C29H32F3N3O3/c1-15-9-16(11-25(33)29(15,4)38)19-7-8-34-14-17(19)10-24(36)23-6-5-20(30)27(35-23)26-21(31)12-18(13-22(26)32)28(2,3)37/h5-8,12-16,25,37-38H,9-11,33H2,1-4H3/t15-,16+,25+,29+/m0/s1. The molecule has 2 aromatic heterocycles. The first kappa shape index (κ1) is 27.9. The van der Waals surface area contributed by atoms with E-state index in [0.29, 0.717) is 18.4 Å². The minimum atomic E-state index is -1.51. The molecule has 0 saturated heterocycles. The number of hydrogen-bond donors (Lipinski definition) is 3. The fourth-order valence-corrected chi connectivity index (χ4v) is 5.10. The monoisotopic (exact) mass is 527 g/mol. The van der Waals surface area contributed by atoms with Crippen LogP contribution in [0.15, 0.2) is 42.7 Å². The molecule has 0 spiro atoms. The summed E-state index contributed by atoms with van der Waals surface area (Å²) >= 11 is 0. The van der Waals surface area contributed by atoms with Crippen molar-refractivity contribution in [3.63, 3.8) is 0 Å². The molecule has 4 atom stereocenters. The first-order valence-electron chi connectivity index (χ1n) is 12.5. The van der Waals surface area contributed by atoms with Crippen molar-refractivity contribution in [1.29, 1.82) is 0 Å². The summed E-state index contributed by atoms with van der Waals surface area (Å²) in [4.78, 5) is 21.4. The molecule has 3 aromatic rings. The van der Waals surface area contributed by atoms with Crippen LogP contribution in [0.1, 0.15) is 73.6 Å². The van der Waals surface area contributed by atoms with E-state index in [-0.39, 0.29) is 29.5 Å². The molecule has 1 fully saturated rings. The maximum Gasteiger partial charge on any atom is 0.185 e. The van der Waals surface area contributed by atoms with Crippen molar-refractivity contribution in [2.75, 3.05) is 0 Å². The second-order valence-corrected chi connectivity index (χ2v) is 11.0. The van der Waals surface area contributed by atoms with Gasteiger partial charge in [0.25, 0.3) is 0 Å². The van der Waals surface area contributed by atoms with E-state index in [1.165, 1.54) is 19.9 Å². The highest BCUT2D eigenvalue weighted by atomic mass is 19.1. The number of hydrogen-bond acceptors (Lipinski definition) is 6. The number of aliphatic hydroxyl groups is 2. The molecule has 6 nitrogen and oxygen atoms in total. The summed E-state index contributed by atoms with van der Waals surface area (Å²) < 4.78 is 44.5. The zero-order valence-corrected chi connectivity index (χ0v) is 21.8. The Bertz CT molecular complexity index is 1330. The van der Waals surface area contributed by atoms with Gasteiger partial charge in [0.05, 0.1) is 16.8 Å². The van der Waals surface area contributed by atoms with Crippen LogP contribution in [0.5, 0.6) is 0 Å². The lowest BCUT2D eigenvalue weighted by Crippen LogP contribution is -2.54. The number of pyridine rings is 2. The Morgan fingerprint density at radius 3 is 2.39 bits per heavy atom. The number of ketones is 1. The molecular weight excluding hydrogens is 495 g/mol. The Kier molecular flexibility index (Phi) is 7.49. The third-order valence-electron chi connectivity index (χ3n) is 7.77. The predicted molar refractivity (Wildman–Crippen MR) is 137 cm³/mol. The minimum absolute atomic E-state index is 0.000227. The molecule has 0 radical (unpaired) electrons. The first-order chi connectivity index (χ1) is 17.7. The van der Waals surface area contributed by atoms with Gasteiger partial charge in [-0.25, -0.2) is 18.2 Å². The molecule has 0 aliphatic heterocycles. The lowest BCUT2D eigenvalue weighted by molar-refractivity contribution is -0.0464. The van der Waals surface area contributed by atoms with Crippen molar-refractivity contribution in [2.45, 2.75) is 70.1 Å². The molecule has 38 heavy (non-hydrogen) atoms. The smallest absolute Gasteiger partial charge is 0.185 e. The first-order valence-corrected chi connectivity index (χ1v) is 12.5. The Labute approximate surface area is 219 Å². The molecule has 2 heterocycles. The van der Waals surface area contributed by atoms with E-state index in [1.807, 2.05) is 13.0 Å². The van der Waals surface area contributed by atoms with Crippen LogP contribution in [0.25, 0.3) is 11.3 Å². The quantitative estimate of drug-likeness (QED) is 0.397. The van der Waals surface area contributed by atoms with E-state index >= 15 is 0 Å². The van der Waals surface area contributed by atoms with Crippen molar-refractivity contribution in [1.82, 2.24) is 9.97 Å². The average molecular weight is 528 g/mol. The number of aromatic nitrogens is 2. The molecule has 4 N–H and O–H groups in total. The van der Waals surface area contributed by atoms with Gasteiger partial charge in [-0.3, -0.25) is 9.78 Å². The fourth-order valence-electron chi connectivity index (χ4n) is 5.10. The number of nitrogens with two attached hydrogens (primary N) is 1. The number of rotatable bonds is 6. The second-order valence-electron chi connectivity index (χ2n) is 11.0. The molecule has 202 valence electrons. The Morgan fingerprint density at radius 2 is 1.79 bits per heavy atom. The van der Waals surface area contributed by atoms with E-state index < -0.39 is 51.7 Å². The molecule has 1 saturated carbocycles. The molecule has 4 rings (SSSR count). The number of carbonyl (C=O) groups excluding carboxylic acids is 1. The third kappa shape index (κ3) is 5.36. The fraction of sp³-hybridized carbons (Fsp3) is 0.414. The van der Waals surface area contributed by atoms with Crippen LogP contribution in [-0.2, 0) is 12.0 Å². The Balaban J connectivity index is 1.64. The highest BCUT2D eigenvalue weighted by Crippen LogP contribution is 2.42. The summed E-state index contributed by atoms with van der Waals surface area (Å²) in [6.07, 6.45) is 4.30. The number of nitrogens with zero attached hydrogens (tertiary/aromatic N) is 2. The zero-order valence-electron chi connectivity index (χ0n) is 21.8. The van der Waals surface area contributed by atoms with Crippen molar-refractivity contribution < 1.29 is 28.2 Å². The largest absolute Gasteiger partial charge is 0.388 e. The molecule has 0 bridgehead atoms. The van der Waals surface area contributed by atoms with Gasteiger partial charge in [0, 0.05) is 24.9 Å². The summed E-state index contributed by atoms with van der Waals surface area (Å²) in [5.74, 6) is -3.75. The van der Waals surface area contributed by atoms with Gasteiger partial charge < -0.3 is 15.9 Å². The summed E-state index contributed by atoms with van der Waals surface area (Å²) in [5, 5.41) is 20.8. The van der Waals surface area contributed by atoms with Gasteiger partial charge in [0.15, 0.2) is 5.78 Å². The van der Waals surface area contributed by atoms with E-state index in [0.717, 1.165) is 23.8 Å². The molecule has 1 aliphatic carbocycles. The number of benzene rings is 1. The average Bonchev–Trinajstić information content (AvgIpc) is 2.83. The van der Waals surface area contributed by atoms with Crippen LogP contribution >= 0.6 is 0 Å². The summed E-state index contributed by atoms with van der Waals surface area (Å²) in [6.45, 7) is 6.41. The number of Topliss-reactive ketones (excluding diaryl/α,β-unsaturated/α-hetero) is 1. The summed E-state index contributed by atoms with van der Waals surface area (Å²) in [5.41, 5.74) is 3.75. The Hall–Kier alpha value is -3.14. The van der Waals surface area contributed by atoms with Crippen LogP contribution in [0, 0.1) is 23.4 Å². The van der Waals surface area contributed by atoms with Gasteiger partial charge in [-0.15, -0.1) is 0 Å². The van der Waals surface area contributed by atoms with E-state index in [1.54, 1.807) is 19.3 Å². The van der Waals surface area contributed by atoms with Crippen LogP contribution in [-0.4, -0.2) is 37.6 Å². The molecule has 0 unspecified atom stereocenters.